The first-order chi connectivity index (χ1) is 12.7. The van der Waals surface area contributed by atoms with Gasteiger partial charge in [0.15, 0.2) is 11.6 Å². The van der Waals surface area contributed by atoms with Crippen LogP contribution in [0.4, 0.5) is 0 Å². The van der Waals surface area contributed by atoms with Gasteiger partial charge in [-0.25, -0.2) is 9.97 Å². The number of aryl methyl sites for hydroxylation is 1. The highest BCUT2D eigenvalue weighted by Gasteiger charge is 2.27. The van der Waals surface area contributed by atoms with Crippen molar-refractivity contribution in [2.45, 2.75) is 25.7 Å². The molecule has 1 amide bonds. The number of hydrogen-bond donors (Lipinski definition) is 0. The first-order valence-electron chi connectivity index (χ1n) is 8.93. The highest BCUT2D eigenvalue weighted by atomic mass is 16.3. The minimum Gasteiger partial charge on any atom is -0.459 e. The average molecular weight is 347 g/mol. The number of carbonyl (C=O) groups is 1. The third-order valence-corrected chi connectivity index (χ3v) is 4.81. The second-order valence-corrected chi connectivity index (χ2v) is 6.74. The van der Waals surface area contributed by atoms with Crippen molar-refractivity contribution in [3.63, 3.8) is 0 Å². The van der Waals surface area contributed by atoms with Crippen molar-refractivity contribution >= 4 is 5.91 Å². The molecule has 0 spiro atoms. The molecule has 5 heteroatoms. The molecular formula is C21H21N3O2. The van der Waals surface area contributed by atoms with Crippen molar-refractivity contribution in [3.05, 3.63) is 71.9 Å². The summed E-state index contributed by atoms with van der Waals surface area (Å²) in [5, 5.41) is 0. The molecule has 1 aliphatic heterocycles. The van der Waals surface area contributed by atoms with E-state index in [2.05, 4.69) is 24.0 Å². The summed E-state index contributed by atoms with van der Waals surface area (Å²) in [6, 6.07) is 13.6. The molecule has 0 bridgehead atoms. The van der Waals surface area contributed by atoms with Crippen LogP contribution in [-0.2, 0) is 0 Å². The molecule has 0 N–H and O–H groups in total. The monoisotopic (exact) mass is 347 g/mol. The maximum Gasteiger partial charge on any atom is 0.289 e. The SMILES string of the molecule is Cc1cccc(-c2nccc([C@H]3CCCN(C(=O)c4ccco4)C3)n2)c1. The van der Waals surface area contributed by atoms with Crippen LogP contribution in [0.2, 0.25) is 0 Å². The number of carbonyl (C=O) groups excluding carboxylic acids is 1. The van der Waals surface area contributed by atoms with E-state index >= 15 is 0 Å². The zero-order valence-corrected chi connectivity index (χ0v) is 14.8. The predicted molar refractivity (Wildman–Crippen MR) is 98.8 cm³/mol. The number of furan rings is 1. The molecule has 1 saturated heterocycles. The maximum atomic E-state index is 12.6. The van der Waals surface area contributed by atoms with E-state index in [1.807, 2.05) is 29.3 Å². The highest BCUT2D eigenvalue weighted by Crippen LogP contribution is 2.28. The lowest BCUT2D eigenvalue weighted by molar-refractivity contribution is 0.0673. The molecule has 1 fully saturated rings. The summed E-state index contributed by atoms with van der Waals surface area (Å²) < 4.78 is 5.26. The Morgan fingerprint density at radius 3 is 2.96 bits per heavy atom. The summed E-state index contributed by atoms with van der Waals surface area (Å²) in [6.07, 6.45) is 5.33. The molecule has 1 atom stereocenters. The molecule has 0 saturated carbocycles. The number of benzene rings is 1. The minimum absolute atomic E-state index is 0.0485. The third-order valence-electron chi connectivity index (χ3n) is 4.81. The zero-order chi connectivity index (χ0) is 17.9. The van der Waals surface area contributed by atoms with Crippen LogP contribution in [0, 0.1) is 6.92 Å². The van der Waals surface area contributed by atoms with Gasteiger partial charge in [0, 0.05) is 36.5 Å². The average Bonchev–Trinajstić information content (AvgIpc) is 3.22. The summed E-state index contributed by atoms with van der Waals surface area (Å²) in [5.41, 5.74) is 3.20. The largest absolute Gasteiger partial charge is 0.459 e. The normalized spacial score (nSPS) is 17.3. The molecule has 3 heterocycles. The lowest BCUT2D eigenvalue weighted by Crippen LogP contribution is -2.39. The van der Waals surface area contributed by atoms with Crippen molar-refractivity contribution < 1.29 is 9.21 Å². The summed E-state index contributed by atoms with van der Waals surface area (Å²) in [7, 11) is 0. The molecule has 0 aliphatic carbocycles. The standard InChI is InChI=1S/C21H21N3O2/c1-15-5-2-6-16(13-15)20-22-10-9-18(23-20)17-7-3-11-24(14-17)21(25)19-8-4-12-26-19/h2,4-6,8-10,12-13,17H,3,7,11,14H2,1H3/t17-/m0/s1. The number of hydrogen-bond acceptors (Lipinski definition) is 4. The van der Waals surface area contributed by atoms with Crippen LogP contribution >= 0.6 is 0 Å². The molecule has 3 aromatic rings. The van der Waals surface area contributed by atoms with Gasteiger partial charge < -0.3 is 9.32 Å². The zero-order valence-electron chi connectivity index (χ0n) is 14.8. The molecule has 0 unspecified atom stereocenters. The smallest absolute Gasteiger partial charge is 0.289 e. The van der Waals surface area contributed by atoms with E-state index in [4.69, 9.17) is 9.40 Å². The van der Waals surface area contributed by atoms with Crippen LogP contribution in [0.15, 0.2) is 59.3 Å². The van der Waals surface area contributed by atoms with Crippen LogP contribution < -0.4 is 0 Å². The number of rotatable bonds is 3. The van der Waals surface area contributed by atoms with E-state index < -0.39 is 0 Å². The summed E-state index contributed by atoms with van der Waals surface area (Å²) in [6.45, 7) is 3.47. The molecule has 1 aliphatic rings. The summed E-state index contributed by atoms with van der Waals surface area (Å²) >= 11 is 0. The fourth-order valence-corrected chi connectivity index (χ4v) is 3.48. The maximum absolute atomic E-state index is 12.6. The predicted octanol–water partition coefficient (Wildman–Crippen LogP) is 4.06. The number of piperidine rings is 1. The van der Waals surface area contributed by atoms with Crippen molar-refractivity contribution in [1.82, 2.24) is 14.9 Å². The van der Waals surface area contributed by atoms with E-state index in [1.165, 1.54) is 11.8 Å². The van der Waals surface area contributed by atoms with Crippen molar-refractivity contribution in [2.75, 3.05) is 13.1 Å². The van der Waals surface area contributed by atoms with E-state index in [1.54, 1.807) is 12.1 Å². The molecular weight excluding hydrogens is 326 g/mol. The van der Waals surface area contributed by atoms with Crippen molar-refractivity contribution in [1.29, 1.82) is 0 Å². The second-order valence-electron chi connectivity index (χ2n) is 6.74. The van der Waals surface area contributed by atoms with E-state index in [-0.39, 0.29) is 11.8 Å². The molecule has 26 heavy (non-hydrogen) atoms. The van der Waals surface area contributed by atoms with Gasteiger partial charge in [-0.15, -0.1) is 0 Å². The van der Waals surface area contributed by atoms with E-state index in [9.17, 15) is 4.79 Å². The van der Waals surface area contributed by atoms with Gasteiger partial charge in [0.1, 0.15) is 0 Å². The highest BCUT2D eigenvalue weighted by molar-refractivity contribution is 5.91. The summed E-state index contributed by atoms with van der Waals surface area (Å²) in [4.78, 5) is 23.7. The Morgan fingerprint density at radius 1 is 1.23 bits per heavy atom. The van der Waals surface area contributed by atoms with E-state index in [0.29, 0.717) is 12.3 Å². The van der Waals surface area contributed by atoms with Gasteiger partial charge in [-0.2, -0.15) is 0 Å². The van der Waals surface area contributed by atoms with Crippen molar-refractivity contribution in [3.8, 4) is 11.4 Å². The molecule has 5 nitrogen and oxygen atoms in total. The Hall–Kier alpha value is -2.95. The van der Waals surface area contributed by atoms with Gasteiger partial charge in [-0.05, 0) is 44.0 Å². The first kappa shape index (κ1) is 16.5. The molecule has 1 aromatic carbocycles. The van der Waals surface area contributed by atoms with Crippen LogP contribution in [0.25, 0.3) is 11.4 Å². The van der Waals surface area contributed by atoms with E-state index in [0.717, 1.165) is 36.5 Å². The lowest BCUT2D eigenvalue weighted by Gasteiger charge is -2.32. The topological polar surface area (TPSA) is 59.2 Å². The summed E-state index contributed by atoms with van der Waals surface area (Å²) in [5.74, 6) is 1.30. The van der Waals surface area contributed by atoms with Crippen LogP contribution in [-0.4, -0.2) is 33.9 Å². The van der Waals surface area contributed by atoms with Gasteiger partial charge in [-0.1, -0.05) is 23.8 Å². The van der Waals surface area contributed by atoms with Gasteiger partial charge in [0.2, 0.25) is 0 Å². The lowest BCUT2D eigenvalue weighted by atomic mass is 9.94. The minimum atomic E-state index is -0.0485. The van der Waals surface area contributed by atoms with Crippen molar-refractivity contribution in [2.24, 2.45) is 0 Å². The van der Waals surface area contributed by atoms with Crippen LogP contribution in [0.5, 0.6) is 0 Å². The first-order valence-corrected chi connectivity index (χ1v) is 8.93. The fourth-order valence-electron chi connectivity index (χ4n) is 3.48. The Morgan fingerprint density at radius 2 is 2.15 bits per heavy atom. The molecule has 4 rings (SSSR count). The Kier molecular flexibility index (Phi) is 4.52. The van der Waals surface area contributed by atoms with Gasteiger partial charge in [0.25, 0.3) is 5.91 Å². The number of nitrogens with zero attached hydrogens (tertiary/aromatic N) is 3. The van der Waals surface area contributed by atoms with Crippen LogP contribution in [0.3, 0.4) is 0 Å². The second kappa shape index (κ2) is 7.12. The molecule has 2 aromatic heterocycles. The molecule has 0 radical (unpaired) electrons. The van der Waals surface area contributed by atoms with Gasteiger partial charge >= 0.3 is 0 Å². The number of amides is 1. The van der Waals surface area contributed by atoms with Gasteiger partial charge in [0.05, 0.1) is 6.26 Å². The van der Waals surface area contributed by atoms with Crippen LogP contribution in [0.1, 0.15) is 40.6 Å². The fraction of sp³-hybridized carbons (Fsp3) is 0.286. The molecule has 132 valence electrons. The van der Waals surface area contributed by atoms with Gasteiger partial charge in [-0.3, -0.25) is 4.79 Å². The Bertz CT molecular complexity index is 905. The Labute approximate surface area is 152 Å². The number of aromatic nitrogens is 2. The number of likely N-dealkylation sites (tertiary alicyclic amines) is 1. The Balaban J connectivity index is 1.55. The third kappa shape index (κ3) is 3.38. The quantitative estimate of drug-likeness (QED) is 0.717.